The second kappa shape index (κ2) is 4.12. The summed E-state index contributed by atoms with van der Waals surface area (Å²) in [4.78, 5) is 0. The van der Waals surface area contributed by atoms with Crippen LogP contribution in [0.15, 0.2) is 0 Å². The highest BCUT2D eigenvalue weighted by Gasteiger charge is 2.29. The van der Waals surface area contributed by atoms with Crippen LogP contribution < -0.4 is 0 Å². The van der Waals surface area contributed by atoms with E-state index >= 15 is 0 Å². The molecule has 74 valence electrons. The van der Waals surface area contributed by atoms with E-state index in [2.05, 4.69) is 40.4 Å². The van der Waals surface area contributed by atoms with Gasteiger partial charge in [-0.3, -0.25) is 0 Å². The Morgan fingerprint density at radius 2 is 1.67 bits per heavy atom. The highest BCUT2D eigenvalue weighted by atomic mass is 35.5. The summed E-state index contributed by atoms with van der Waals surface area (Å²) >= 11 is 5.86. The maximum atomic E-state index is 5.96. The van der Waals surface area contributed by atoms with E-state index in [1.54, 1.807) is 0 Å². The first-order valence-corrected chi connectivity index (χ1v) is 8.35. The van der Waals surface area contributed by atoms with E-state index in [4.69, 9.17) is 16.0 Å². The summed E-state index contributed by atoms with van der Waals surface area (Å²) in [5.41, 5.74) is 0.155. The third-order valence-electron chi connectivity index (χ3n) is 1.60. The second-order valence-electron chi connectivity index (χ2n) is 5.24. The van der Waals surface area contributed by atoms with Crippen molar-refractivity contribution in [1.29, 1.82) is 0 Å². The molecule has 0 amide bonds. The highest BCUT2D eigenvalue weighted by molar-refractivity contribution is 6.69. The molecule has 0 radical (unpaired) electrons. The molecule has 0 saturated carbocycles. The summed E-state index contributed by atoms with van der Waals surface area (Å²) in [6.07, 6.45) is 0.186. The summed E-state index contributed by atoms with van der Waals surface area (Å²) in [6, 6.07) is 0. The Kier molecular flexibility index (Phi) is 4.28. The van der Waals surface area contributed by atoms with E-state index in [9.17, 15) is 0 Å². The van der Waals surface area contributed by atoms with Gasteiger partial charge in [-0.25, -0.2) is 0 Å². The van der Waals surface area contributed by atoms with Crippen molar-refractivity contribution in [3.05, 3.63) is 0 Å². The minimum Gasteiger partial charge on any atom is -0.413 e. The first-order chi connectivity index (χ1) is 5.17. The predicted molar refractivity (Wildman–Crippen MR) is 58.4 cm³/mol. The average Bonchev–Trinajstić information content (AvgIpc) is 1.78. The van der Waals surface area contributed by atoms with Crippen LogP contribution in [0.1, 0.15) is 20.8 Å². The molecule has 0 aromatic rings. The van der Waals surface area contributed by atoms with Gasteiger partial charge >= 0.3 is 0 Å². The van der Waals surface area contributed by atoms with Crippen molar-refractivity contribution in [2.45, 2.75) is 46.5 Å². The van der Waals surface area contributed by atoms with E-state index in [0.29, 0.717) is 5.88 Å². The van der Waals surface area contributed by atoms with Crippen LogP contribution in [-0.4, -0.2) is 20.3 Å². The van der Waals surface area contributed by atoms with Gasteiger partial charge in [0, 0.05) is 5.88 Å². The van der Waals surface area contributed by atoms with E-state index < -0.39 is 8.32 Å². The normalized spacial score (nSPS) is 16.2. The molecule has 0 aliphatic carbocycles. The third-order valence-corrected chi connectivity index (χ3v) is 2.87. The Morgan fingerprint density at radius 1 is 1.25 bits per heavy atom. The second-order valence-corrected chi connectivity index (χ2v) is 10.0. The van der Waals surface area contributed by atoms with E-state index in [1.807, 2.05) is 0 Å². The zero-order chi connectivity index (χ0) is 9.99. The first-order valence-electron chi connectivity index (χ1n) is 4.40. The van der Waals surface area contributed by atoms with Gasteiger partial charge < -0.3 is 4.43 Å². The Bertz CT molecular complexity index is 134. The van der Waals surface area contributed by atoms with Gasteiger partial charge in [0.2, 0.25) is 0 Å². The summed E-state index contributed by atoms with van der Waals surface area (Å²) in [5.74, 6) is 0.591. The number of halogens is 1. The van der Waals surface area contributed by atoms with Crippen LogP contribution in [0, 0.1) is 5.41 Å². The smallest absolute Gasteiger partial charge is 0.184 e. The molecule has 0 aromatic carbocycles. The Morgan fingerprint density at radius 3 is 1.75 bits per heavy atom. The molecule has 12 heavy (non-hydrogen) atoms. The fraction of sp³-hybridized carbons (Fsp3) is 1.00. The zero-order valence-corrected chi connectivity index (χ0v) is 10.8. The van der Waals surface area contributed by atoms with E-state index in [-0.39, 0.29) is 11.5 Å². The van der Waals surface area contributed by atoms with Crippen molar-refractivity contribution in [2.24, 2.45) is 5.41 Å². The van der Waals surface area contributed by atoms with Gasteiger partial charge in [0.1, 0.15) is 0 Å². The molecular formula is C9H21ClOSi. The van der Waals surface area contributed by atoms with Crippen molar-refractivity contribution in [3.8, 4) is 0 Å². The van der Waals surface area contributed by atoms with Crippen LogP contribution in [0.5, 0.6) is 0 Å². The van der Waals surface area contributed by atoms with Crippen LogP contribution >= 0.6 is 11.6 Å². The first kappa shape index (κ1) is 12.5. The lowest BCUT2D eigenvalue weighted by atomic mass is 9.90. The molecule has 0 fully saturated rings. The number of hydrogen-bond acceptors (Lipinski definition) is 1. The number of alkyl halides is 1. The maximum absolute atomic E-state index is 5.96. The monoisotopic (exact) mass is 208 g/mol. The van der Waals surface area contributed by atoms with E-state index in [1.165, 1.54) is 0 Å². The number of hydrogen-bond donors (Lipinski definition) is 0. The molecule has 3 heteroatoms. The van der Waals surface area contributed by atoms with Crippen molar-refractivity contribution < 1.29 is 4.43 Å². The number of rotatable bonds is 3. The van der Waals surface area contributed by atoms with Gasteiger partial charge in [0.25, 0.3) is 0 Å². The quantitative estimate of drug-likeness (QED) is 0.510. The molecule has 1 atom stereocenters. The summed E-state index contributed by atoms with van der Waals surface area (Å²) in [5, 5.41) is 0. The molecule has 1 unspecified atom stereocenters. The van der Waals surface area contributed by atoms with Crippen LogP contribution in [0.2, 0.25) is 19.6 Å². The Balaban J connectivity index is 4.20. The van der Waals surface area contributed by atoms with Gasteiger partial charge in [-0.2, -0.15) is 0 Å². The molecule has 0 rings (SSSR count). The topological polar surface area (TPSA) is 9.23 Å². The SMILES string of the molecule is CC(C)(C)C(CCl)O[Si](C)(C)C. The van der Waals surface area contributed by atoms with Crippen molar-refractivity contribution in [1.82, 2.24) is 0 Å². The lowest BCUT2D eigenvalue weighted by Gasteiger charge is -2.34. The lowest BCUT2D eigenvalue weighted by molar-refractivity contribution is 0.0997. The molecule has 0 aliphatic heterocycles. The van der Waals surface area contributed by atoms with Crippen LogP contribution in [0.4, 0.5) is 0 Å². The molecule has 1 nitrogen and oxygen atoms in total. The summed E-state index contributed by atoms with van der Waals surface area (Å²) in [6.45, 7) is 13.1. The molecule has 0 heterocycles. The molecule has 0 bridgehead atoms. The molecular weight excluding hydrogens is 188 g/mol. The predicted octanol–water partition coefficient (Wildman–Crippen LogP) is 3.49. The zero-order valence-electron chi connectivity index (χ0n) is 9.07. The standard InChI is InChI=1S/C9H21ClOSi/c1-9(2,3)8(7-10)11-12(4,5)6/h8H,7H2,1-6H3. The average molecular weight is 209 g/mol. The highest BCUT2D eigenvalue weighted by Crippen LogP contribution is 2.26. The van der Waals surface area contributed by atoms with Crippen molar-refractivity contribution in [2.75, 3.05) is 5.88 Å². The fourth-order valence-electron chi connectivity index (χ4n) is 0.867. The van der Waals surface area contributed by atoms with Gasteiger partial charge in [-0.05, 0) is 25.1 Å². The molecule has 0 saturated heterocycles. The molecule has 0 N–H and O–H groups in total. The third kappa shape index (κ3) is 5.17. The summed E-state index contributed by atoms with van der Waals surface area (Å²) in [7, 11) is -1.44. The van der Waals surface area contributed by atoms with Gasteiger partial charge in [0.15, 0.2) is 8.32 Å². The molecule has 0 aromatic heterocycles. The van der Waals surface area contributed by atoms with Crippen molar-refractivity contribution >= 4 is 19.9 Å². The molecule has 0 spiro atoms. The van der Waals surface area contributed by atoms with E-state index in [0.717, 1.165) is 0 Å². The minimum absolute atomic E-state index is 0.155. The van der Waals surface area contributed by atoms with Gasteiger partial charge in [0.05, 0.1) is 6.10 Å². The maximum Gasteiger partial charge on any atom is 0.184 e. The Labute approximate surface area is 82.6 Å². The summed E-state index contributed by atoms with van der Waals surface area (Å²) < 4.78 is 5.96. The largest absolute Gasteiger partial charge is 0.413 e. The fourth-order valence-corrected chi connectivity index (χ4v) is 2.79. The van der Waals surface area contributed by atoms with Crippen LogP contribution in [-0.2, 0) is 4.43 Å². The lowest BCUT2D eigenvalue weighted by Crippen LogP contribution is -2.40. The van der Waals surface area contributed by atoms with Crippen LogP contribution in [0.25, 0.3) is 0 Å². The minimum atomic E-state index is -1.44. The molecule has 0 aliphatic rings. The van der Waals surface area contributed by atoms with Gasteiger partial charge in [-0.15, -0.1) is 11.6 Å². The van der Waals surface area contributed by atoms with Gasteiger partial charge in [-0.1, -0.05) is 20.8 Å². The van der Waals surface area contributed by atoms with Crippen molar-refractivity contribution in [3.63, 3.8) is 0 Å². The van der Waals surface area contributed by atoms with Crippen LogP contribution in [0.3, 0.4) is 0 Å². The Hall–Kier alpha value is 0.467.